The normalized spacial score (nSPS) is 12.2. The maximum absolute atomic E-state index is 13.7. The first-order valence-electron chi connectivity index (χ1n) is 10.1. The summed E-state index contributed by atoms with van der Waals surface area (Å²) in [6.07, 6.45) is 1.31. The van der Waals surface area contributed by atoms with Crippen LogP contribution >= 0.6 is 0 Å². The van der Waals surface area contributed by atoms with Gasteiger partial charge in [0.15, 0.2) is 11.6 Å². The van der Waals surface area contributed by atoms with Gasteiger partial charge >= 0.3 is 0 Å². The van der Waals surface area contributed by atoms with Crippen LogP contribution < -0.4 is 9.62 Å². The van der Waals surface area contributed by atoms with Crippen molar-refractivity contribution in [1.29, 1.82) is 0 Å². The van der Waals surface area contributed by atoms with E-state index in [2.05, 4.69) is 5.32 Å². The highest BCUT2D eigenvalue weighted by Gasteiger charge is 2.29. The van der Waals surface area contributed by atoms with Crippen molar-refractivity contribution in [3.8, 4) is 0 Å². The van der Waals surface area contributed by atoms with E-state index in [1.807, 2.05) is 30.3 Å². The fraction of sp³-hybridized carbons (Fsp3) is 0.364. The Kier molecular flexibility index (Phi) is 8.71. The van der Waals surface area contributed by atoms with Gasteiger partial charge in [0.2, 0.25) is 21.8 Å². The fourth-order valence-electron chi connectivity index (χ4n) is 3.15. The van der Waals surface area contributed by atoms with Crippen LogP contribution in [0, 0.1) is 11.6 Å². The minimum Gasteiger partial charge on any atom is -0.355 e. The van der Waals surface area contributed by atoms with Crippen molar-refractivity contribution in [1.82, 2.24) is 10.2 Å². The molecule has 1 unspecified atom stereocenters. The number of hydrogen-bond donors (Lipinski definition) is 1. The summed E-state index contributed by atoms with van der Waals surface area (Å²) in [5, 5.41) is 2.65. The smallest absolute Gasteiger partial charge is 0.244 e. The first-order valence-corrected chi connectivity index (χ1v) is 11.9. The molecule has 1 atom stereocenters. The molecule has 0 heterocycles. The number of benzene rings is 2. The third kappa shape index (κ3) is 6.74. The maximum Gasteiger partial charge on any atom is 0.244 e. The lowest BCUT2D eigenvalue weighted by atomic mass is 10.1. The van der Waals surface area contributed by atoms with Crippen LogP contribution in [0.5, 0.6) is 0 Å². The highest BCUT2D eigenvalue weighted by molar-refractivity contribution is 7.92. The number of carbonyl (C=O) groups excluding carboxylic acids is 2. The second-order valence-electron chi connectivity index (χ2n) is 7.26. The molecule has 0 bridgehead atoms. The number of halogens is 2. The quantitative estimate of drug-likeness (QED) is 0.581. The van der Waals surface area contributed by atoms with E-state index in [-0.39, 0.29) is 18.1 Å². The Labute approximate surface area is 187 Å². The van der Waals surface area contributed by atoms with Gasteiger partial charge in [-0.1, -0.05) is 30.3 Å². The van der Waals surface area contributed by atoms with E-state index in [0.29, 0.717) is 23.3 Å². The molecular weight excluding hydrogens is 440 g/mol. The van der Waals surface area contributed by atoms with Gasteiger partial charge in [0.1, 0.15) is 12.6 Å². The van der Waals surface area contributed by atoms with E-state index in [1.165, 1.54) is 4.90 Å². The molecule has 0 spiro atoms. The molecule has 0 saturated heterocycles. The summed E-state index contributed by atoms with van der Waals surface area (Å²) in [6.45, 7) is 3.17. The van der Waals surface area contributed by atoms with E-state index < -0.39 is 40.2 Å². The third-order valence-electron chi connectivity index (χ3n) is 4.87. The number of nitrogens with zero attached hydrogens (tertiary/aromatic N) is 2. The number of amides is 2. The van der Waals surface area contributed by atoms with Crippen LogP contribution in [0.1, 0.15) is 19.4 Å². The summed E-state index contributed by atoms with van der Waals surface area (Å²) < 4.78 is 52.4. The number of rotatable bonds is 10. The van der Waals surface area contributed by atoms with E-state index in [9.17, 15) is 26.8 Å². The van der Waals surface area contributed by atoms with E-state index >= 15 is 0 Å². The monoisotopic (exact) mass is 467 g/mol. The summed E-state index contributed by atoms with van der Waals surface area (Å²) >= 11 is 0. The predicted octanol–water partition coefficient (Wildman–Crippen LogP) is 2.33. The molecule has 0 radical (unpaired) electrons. The average Bonchev–Trinajstić information content (AvgIpc) is 2.74. The highest BCUT2D eigenvalue weighted by Crippen LogP contribution is 2.21. The van der Waals surface area contributed by atoms with Gasteiger partial charge < -0.3 is 10.2 Å². The molecule has 0 aromatic heterocycles. The zero-order valence-electron chi connectivity index (χ0n) is 18.2. The van der Waals surface area contributed by atoms with Gasteiger partial charge in [-0.05, 0) is 38.0 Å². The summed E-state index contributed by atoms with van der Waals surface area (Å²) in [7, 11) is -4.00. The minimum atomic E-state index is -4.00. The van der Waals surface area contributed by atoms with Gasteiger partial charge in [0, 0.05) is 19.2 Å². The van der Waals surface area contributed by atoms with Crippen LogP contribution in [0.25, 0.3) is 0 Å². The molecule has 2 aromatic carbocycles. The zero-order chi connectivity index (χ0) is 23.9. The van der Waals surface area contributed by atoms with Crippen molar-refractivity contribution in [2.24, 2.45) is 0 Å². The number of likely N-dealkylation sites (N-methyl/N-ethyl adjacent to an activating group) is 1. The maximum atomic E-state index is 13.7. The van der Waals surface area contributed by atoms with Gasteiger partial charge in [-0.25, -0.2) is 17.2 Å². The molecular formula is C22H27F2N3O4S. The summed E-state index contributed by atoms with van der Waals surface area (Å²) in [4.78, 5) is 26.9. The molecule has 10 heteroatoms. The highest BCUT2D eigenvalue weighted by atomic mass is 32.2. The molecule has 2 rings (SSSR count). The number of anilines is 1. The number of carbonyl (C=O) groups is 2. The van der Waals surface area contributed by atoms with Gasteiger partial charge in [-0.3, -0.25) is 13.9 Å². The second-order valence-corrected chi connectivity index (χ2v) is 9.17. The summed E-state index contributed by atoms with van der Waals surface area (Å²) in [5.74, 6) is -3.40. The lowest BCUT2D eigenvalue weighted by molar-refractivity contribution is -0.138. The molecule has 0 saturated carbocycles. The SMILES string of the molecule is CCNC(=O)C(C)N(CCc1ccccc1)C(=O)CN(c1ccc(F)c(F)c1)S(C)(=O)=O. The molecule has 1 N–H and O–H groups in total. The minimum absolute atomic E-state index is 0.163. The van der Waals surface area contributed by atoms with Crippen molar-refractivity contribution in [2.45, 2.75) is 26.3 Å². The Balaban J connectivity index is 2.31. The zero-order valence-corrected chi connectivity index (χ0v) is 19.0. The van der Waals surface area contributed by atoms with E-state index in [1.54, 1.807) is 13.8 Å². The number of nitrogens with one attached hydrogen (secondary N) is 1. The lowest BCUT2D eigenvalue weighted by Crippen LogP contribution is -2.52. The van der Waals surface area contributed by atoms with Crippen LogP contribution in [-0.4, -0.2) is 57.1 Å². The summed E-state index contributed by atoms with van der Waals surface area (Å²) in [6, 6.07) is 11.0. The van der Waals surface area contributed by atoms with E-state index in [4.69, 9.17) is 0 Å². The van der Waals surface area contributed by atoms with Gasteiger partial charge in [-0.2, -0.15) is 0 Å². The fourth-order valence-corrected chi connectivity index (χ4v) is 3.99. The Morgan fingerprint density at radius 1 is 1.06 bits per heavy atom. The molecule has 2 amide bonds. The van der Waals surface area contributed by atoms with Gasteiger partial charge in [-0.15, -0.1) is 0 Å². The van der Waals surface area contributed by atoms with Crippen molar-refractivity contribution < 1.29 is 26.8 Å². The molecule has 0 aliphatic carbocycles. The molecule has 32 heavy (non-hydrogen) atoms. The lowest BCUT2D eigenvalue weighted by Gasteiger charge is -2.31. The molecule has 2 aromatic rings. The topological polar surface area (TPSA) is 86.8 Å². The Morgan fingerprint density at radius 2 is 1.72 bits per heavy atom. The Morgan fingerprint density at radius 3 is 2.28 bits per heavy atom. The van der Waals surface area contributed by atoms with Crippen LogP contribution in [0.3, 0.4) is 0 Å². The largest absolute Gasteiger partial charge is 0.355 e. The van der Waals surface area contributed by atoms with Crippen LogP contribution in [0.15, 0.2) is 48.5 Å². The molecule has 7 nitrogen and oxygen atoms in total. The van der Waals surface area contributed by atoms with Crippen molar-refractivity contribution in [2.75, 3.05) is 30.2 Å². The van der Waals surface area contributed by atoms with Gasteiger partial charge in [0.25, 0.3) is 0 Å². The Bertz CT molecular complexity index is 1050. The average molecular weight is 468 g/mol. The Hall–Kier alpha value is -3.01. The second kappa shape index (κ2) is 11.0. The standard InChI is InChI=1S/C22H27F2N3O4S/c1-4-25-22(29)16(2)26(13-12-17-8-6-5-7-9-17)21(28)15-27(32(3,30)31)18-10-11-19(23)20(24)14-18/h5-11,14,16H,4,12-13,15H2,1-3H3,(H,25,29). The number of sulfonamides is 1. The number of hydrogen-bond acceptors (Lipinski definition) is 4. The van der Waals surface area contributed by atoms with Crippen molar-refractivity contribution in [3.63, 3.8) is 0 Å². The first-order chi connectivity index (χ1) is 15.0. The van der Waals surface area contributed by atoms with Gasteiger partial charge in [0.05, 0.1) is 11.9 Å². The molecule has 174 valence electrons. The van der Waals surface area contributed by atoms with Crippen LogP contribution in [0.2, 0.25) is 0 Å². The summed E-state index contributed by atoms with van der Waals surface area (Å²) in [5.41, 5.74) is 0.752. The van der Waals surface area contributed by atoms with Crippen LogP contribution in [0.4, 0.5) is 14.5 Å². The molecule has 0 fully saturated rings. The molecule has 0 aliphatic rings. The van der Waals surface area contributed by atoms with E-state index in [0.717, 1.165) is 24.0 Å². The van der Waals surface area contributed by atoms with Crippen LogP contribution in [-0.2, 0) is 26.0 Å². The molecule has 0 aliphatic heterocycles. The predicted molar refractivity (Wildman–Crippen MR) is 119 cm³/mol. The van der Waals surface area contributed by atoms with Crippen molar-refractivity contribution >= 4 is 27.5 Å². The first kappa shape index (κ1) is 25.3. The third-order valence-corrected chi connectivity index (χ3v) is 6.01. The van der Waals surface area contributed by atoms with Crippen molar-refractivity contribution in [3.05, 3.63) is 65.7 Å².